The molecule has 1 aliphatic rings. The van der Waals surface area contributed by atoms with Crippen molar-refractivity contribution in [3.05, 3.63) is 0 Å². The summed E-state index contributed by atoms with van der Waals surface area (Å²) in [5, 5.41) is 11.3. The Morgan fingerprint density at radius 1 is 1.47 bits per heavy atom. The first-order valence-electron chi connectivity index (χ1n) is 6.18. The summed E-state index contributed by atoms with van der Waals surface area (Å²) in [6.45, 7) is 4.84. The minimum absolute atomic E-state index is 0. The molecule has 1 aliphatic heterocycles. The Morgan fingerprint density at radius 3 is 2.32 bits per heavy atom. The standard InChI is InChI=1S/C6H11NO2.C6H13NO2.ClH/c1-9-6(8)5-3-2-4-7-5;1-4(2)3-5(7)6(8)9;/h5,7H,2-4H2,1H3;4-5H,3,7H2,1-2H3,(H,8,9);1H/t2*5-;/m00./s1. The zero-order valence-corrected chi connectivity index (χ0v) is 12.5. The van der Waals surface area contributed by atoms with E-state index in [0.717, 1.165) is 19.4 Å². The number of carbonyl (C=O) groups is 2. The normalized spacial score (nSPS) is 18.9. The van der Waals surface area contributed by atoms with Gasteiger partial charge in [0.15, 0.2) is 0 Å². The molecule has 0 radical (unpaired) electrons. The number of carboxylic acid groups (broad SMARTS) is 1. The van der Waals surface area contributed by atoms with Crippen LogP contribution in [0.3, 0.4) is 0 Å². The van der Waals surface area contributed by atoms with Gasteiger partial charge in [-0.2, -0.15) is 0 Å². The fourth-order valence-electron chi connectivity index (χ4n) is 1.64. The lowest BCUT2D eigenvalue weighted by molar-refractivity contribution is -0.142. The Bertz CT molecular complexity index is 268. The van der Waals surface area contributed by atoms with Crippen LogP contribution in [0.4, 0.5) is 0 Å². The minimum atomic E-state index is -0.913. The average molecular weight is 297 g/mol. The van der Waals surface area contributed by atoms with Gasteiger partial charge in [-0.25, -0.2) is 0 Å². The second kappa shape index (κ2) is 11.0. The highest BCUT2D eigenvalue weighted by Gasteiger charge is 2.21. The maximum atomic E-state index is 10.7. The number of halogens is 1. The van der Waals surface area contributed by atoms with Crippen LogP contribution in [0.1, 0.15) is 33.1 Å². The molecule has 1 rings (SSSR count). The van der Waals surface area contributed by atoms with Gasteiger partial charge in [-0.1, -0.05) is 13.8 Å². The van der Waals surface area contributed by atoms with Crippen LogP contribution < -0.4 is 11.1 Å². The highest BCUT2D eigenvalue weighted by molar-refractivity contribution is 5.85. The Morgan fingerprint density at radius 2 is 2.05 bits per heavy atom. The van der Waals surface area contributed by atoms with Gasteiger partial charge in [-0.05, 0) is 31.7 Å². The topological polar surface area (TPSA) is 102 Å². The quantitative estimate of drug-likeness (QED) is 0.663. The summed E-state index contributed by atoms with van der Waals surface area (Å²) in [7, 11) is 1.42. The molecule has 6 nitrogen and oxygen atoms in total. The molecule has 7 heteroatoms. The number of rotatable bonds is 4. The lowest BCUT2D eigenvalue weighted by Gasteiger charge is -2.07. The van der Waals surface area contributed by atoms with Crippen LogP contribution in [-0.2, 0) is 14.3 Å². The molecule has 0 bridgehead atoms. The molecule has 4 N–H and O–H groups in total. The smallest absolute Gasteiger partial charge is 0.322 e. The molecule has 0 aromatic carbocycles. The Labute approximate surface area is 120 Å². The molecule has 0 unspecified atom stereocenters. The second-order valence-corrected chi connectivity index (χ2v) is 4.75. The van der Waals surface area contributed by atoms with Crippen molar-refractivity contribution in [3.8, 4) is 0 Å². The fraction of sp³-hybridized carbons (Fsp3) is 0.833. The van der Waals surface area contributed by atoms with E-state index in [-0.39, 0.29) is 24.4 Å². The van der Waals surface area contributed by atoms with E-state index in [9.17, 15) is 9.59 Å². The van der Waals surface area contributed by atoms with E-state index in [2.05, 4.69) is 10.1 Å². The van der Waals surface area contributed by atoms with Crippen LogP contribution in [0.5, 0.6) is 0 Å². The molecule has 0 aromatic heterocycles. The number of aliphatic carboxylic acids is 1. The minimum Gasteiger partial charge on any atom is -0.480 e. The number of methoxy groups -OCH3 is 1. The SMILES string of the molecule is CC(C)C[C@H](N)C(=O)O.COC(=O)[C@@H]1CCCN1.Cl. The summed E-state index contributed by atoms with van der Waals surface area (Å²) in [5.41, 5.74) is 5.22. The predicted molar refractivity (Wildman–Crippen MR) is 75.4 cm³/mol. The van der Waals surface area contributed by atoms with Gasteiger partial charge in [0.2, 0.25) is 0 Å². The van der Waals surface area contributed by atoms with Crippen molar-refractivity contribution in [2.75, 3.05) is 13.7 Å². The van der Waals surface area contributed by atoms with Gasteiger partial charge in [-0.3, -0.25) is 9.59 Å². The van der Waals surface area contributed by atoms with Crippen molar-refractivity contribution in [3.63, 3.8) is 0 Å². The largest absolute Gasteiger partial charge is 0.480 e. The van der Waals surface area contributed by atoms with E-state index in [4.69, 9.17) is 10.8 Å². The van der Waals surface area contributed by atoms with Crippen molar-refractivity contribution in [2.24, 2.45) is 11.7 Å². The molecule has 0 aliphatic carbocycles. The molecular formula is C12H25ClN2O4. The number of carboxylic acids is 1. The van der Waals surface area contributed by atoms with Crippen LogP contribution in [0, 0.1) is 5.92 Å². The van der Waals surface area contributed by atoms with Crippen LogP contribution >= 0.6 is 12.4 Å². The third kappa shape index (κ3) is 9.69. The first kappa shape index (κ1) is 20.5. The van der Waals surface area contributed by atoms with Crippen molar-refractivity contribution < 1.29 is 19.4 Å². The van der Waals surface area contributed by atoms with E-state index in [0.29, 0.717) is 12.3 Å². The third-order valence-corrected chi connectivity index (χ3v) is 2.59. The van der Waals surface area contributed by atoms with E-state index in [1.165, 1.54) is 7.11 Å². The lowest BCUT2D eigenvalue weighted by Crippen LogP contribution is -2.31. The van der Waals surface area contributed by atoms with Crippen LogP contribution in [0.25, 0.3) is 0 Å². The highest BCUT2D eigenvalue weighted by Crippen LogP contribution is 2.05. The van der Waals surface area contributed by atoms with Crippen LogP contribution in [0.15, 0.2) is 0 Å². The number of ether oxygens (including phenoxy) is 1. The summed E-state index contributed by atoms with van der Waals surface area (Å²) >= 11 is 0. The van der Waals surface area contributed by atoms with Crippen LogP contribution in [-0.4, -0.2) is 42.8 Å². The van der Waals surface area contributed by atoms with Crippen molar-refractivity contribution in [2.45, 2.75) is 45.2 Å². The molecule has 1 heterocycles. The second-order valence-electron chi connectivity index (χ2n) is 4.75. The fourth-order valence-corrected chi connectivity index (χ4v) is 1.64. The third-order valence-electron chi connectivity index (χ3n) is 2.59. The number of nitrogens with one attached hydrogen (secondary N) is 1. The summed E-state index contributed by atoms with van der Waals surface area (Å²) in [4.78, 5) is 20.8. The van der Waals surface area contributed by atoms with Gasteiger partial charge in [0.05, 0.1) is 7.11 Å². The van der Waals surface area contributed by atoms with E-state index in [1.807, 2.05) is 13.8 Å². The molecule has 0 aromatic rings. The molecule has 0 amide bonds. The average Bonchev–Trinajstić information content (AvgIpc) is 2.81. The predicted octanol–water partition coefficient (Wildman–Crippen LogP) is 0.778. The summed E-state index contributed by atoms with van der Waals surface area (Å²) < 4.78 is 4.53. The van der Waals surface area contributed by atoms with Gasteiger partial charge < -0.3 is 20.9 Å². The summed E-state index contributed by atoms with van der Waals surface area (Å²) in [5.74, 6) is -0.688. The Hall–Kier alpha value is -0.850. The zero-order chi connectivity index (χ0) is 14.1. The van der Waals surface area contributed by atoms with Gasteiger partial charge in [-0.15, -0.1) is 12.4 Å². The molecule has 0 spiro atoms. The van der Waals surface area contributed by atoms with Crippen molar-refractivity contribution >= 4 is 24.3 Å². The van der Waals surface area contributed by atoms with Gasteiger partial charge in [0, 0.05) is 0 Å². The zero-order valence-electron chi connectivity index (χ0n) is 11.7. The van der Waals surface area contributed by atoms with Crippen molar-refractivity contribution in [1.82, 2.24) is 5.32 Å². The molecule has 2 atom stereocenters. The Balaban J connectivity index is 0. The molecule has 1 fully saturated rings. The van der Waals surface area contributed by atoms with E-state index in [1.54, 1.807) is 0 Å². The number of hydrogen-bond acceptors (Lipinski definition) is 5. The van der Waals surface area contributed by atoms with Crippen molar-refractivity contribution in [1.29, 1.82) is 0 Å². The Kier molecular flexibility index (Phi) is 11.9. The number of carbonyl (C=O) groups excluding carboxylic acids is 1. The molecule has 19 heavy (non-hydrogen) atoms. The highest BCUT2D eigenvalue weighted by atomic mass is 35.5. The first-order valence-corrected chi connectivity index (χ1v) is 6.18. The lowest BCUT2D eigenvalue weighted by atomic mass is 10.1. The van der Waals surface area contributed by atoms with Crippen LogP contribution in [0.2, 0.25) is 0 Å². The number of hydrogen-bond donors (Lipinski definition) is 3. The maximum absolute atomic E-state index is 10.7. The van der Waals surface area contributed by atoms with Gasteiger partial charge in [0.25, 0.3) is 0 Å². The number of esters is 1. The molecular weight excluding hydrogens is 272 g/mol. The molecule has 1 saturated heterocycles. The summed E-state index contributed by atoms with van der Waals surface area (Å²) in [6.07, 6.45) is 2.56. The van der Waals surface area contributed by atoms with Gasteiger partial charge in [0.1, 0.15) is 12.1 Å². The van der Waals surface area contributed by atoms with E-state index >= 15 is 0 Å². The monoisotopic (exact) mass is 296 g/mol. The molecule has 114 valence electrons. The van der Waals surface area contributed by atoms with E-state index < -0.39 is 12.0 Å². The maximum Gasteiger partial charge on any atom is 0.322 e. The number of nitrogens with two attached hydrogens (primary N) is 1. The van der Waals surface area contributed by atoms with Gasteiger partial charge >= 0.3 is 11.9 Å². The first-order chi connectivity index (χ1) is 8.38. The molecule has 0 saturated carbocycles. The summed E-state index contributed by atoms with van der Waals surface area (Å²) in [6, 6.07) is -0.722.